The molecule has 0 saturated carbocycles. The van der Waals surface area contributed by atoms with Crippen molar-refractivity contribution in [3.8, 4) is 0 Å². The molecule has 1 saturated heterocycles. The van der Waals surface area contributed by atoms with Crippen molar-refractivity contribution in [1.82, 2.24) is 25.5 Å². The summed E-state index contributed by atoms with van der Waals surface area (Å²) in [7, 11) is 0. The lowest BCUT2D eigenvalue weighted by molar-refractivity contribution is -0.173. The Labute approximate surface area is 233 Å². The number of esters is 1. The maximum Gasteiger partial charge on any atom is 0.329 e. The molecular weight excluding hydrogens is 525 g/mol. The fraction of sp³-hybridized carbons (Fsp3) is 0.464. The average molecular weight is 559 g/mol. The third kappa shape index (κ3) is 6.02. The Bertz CT molecular complexity index is 1280. The summed E-state index contributed by atoms with van der Waals surface area (Å²) < 4.78 is 5.82. The van der Waals surface area contributed by atoms with E-state index in [0.717, 1.165) is 11.1 Å². The van der Waals surface area contributed by atoms with E-state index in [0.29, 0.717) is 28.7 Å². The summed E-state index contributed by atoms with van der Waals surface area (Å²) in [6.45, 7) is 9.25. The van der Waals surface area contributed by atoms with Crippen LogP contribution in [0.25, 0.3) is 0 Å². The van der Waals surface area contributed by atoms with Crippen LogP contribution in [-0.2, 0) is 20.7 Å². The minimum absolute atomic E-state index is 0.168. The molecule has 1 amide bonds. The van der Waals surface area contributed by atoms with Gasteiger partial charge in [-0.2, -0.15) is 5.21 Å². The second-order valence-electron chi connectivity index (χ2n) is 11.1. The Morgan fingerprint density at radius 3 is 2.45 bits per heavy atom. The molecule has 10 heteroatoms. The molecule has 1 N–H and O–H groups in total. The van der Waals surface area contributed by atoms with Crippen molar-refractivity contribution >= 4 is 35.1 Å². The van der Waals surface area contributed by atoms with E-state index < -0.39 is 29.1 Å². The number of ether oxygens (including phenoxy) is 1. The highest BCUT2D eigenvalue weighted by Crippen LogP contribution is 2.52. The summed E-state index contributed by atoms with van der Waals surface area (Å²) in [6.07, 6.45) is 1.12. The Morgan fingerprint density at radius 2 is 1.87 bits per heavy atom. The summed E-state index contributed by atoms with van der Waals surface area (Å²) in [5, 5.41) is 15.6. The van der Waals surface area contributed by atoms with E-state index >= 15 is 0 Å². The van der Waals surface area contributed by atoms with Gasteiger partial charge in [-0.15, -0.1) is 10.2 Å². The number of aromatic amines is 1. The first kappa shape index (κ1) is 28.0. The summed E-state index contributed by atoms with van der Waals surface area (Å²) >= 11 is 12.7. The average Bonchev–Trinajstić information content (AvgIpc) is 3.34. The van der Waals surface area contributed by atoms with Crippen LogP contribution in [0, 0.1) is 5.41 Å². The summed E-state index contributed by atoms with van der Waals surface area (Å²) in [6, 6.07) is 13.8. The molecule has 0 radical (unpaired) electrons. The summed E-state index contributed by atoms with van der Waals surface area (Å²) in [5.74, 6) is -0.374. The third-order valence-electron chi connectivity index (χ3n) is 6.93. The number of halogens is 2. The normalized spacial score (nSPS) is 22.8. The Balaban J connectivity index is 1.91. The molecule has 1 fully saturated rings. The van der Waals surface area contributed by atoms with E-state index in [9.17, 15) is 9.59 Å². The SMILES string of the molecule is CCC(C(=O)OC(C)(C)C)N1C(=O)[C@@](C)(Cc2nn[nH]n2)C[C@H](c2cccc(Cl)c2)C1c1ccc(Cl)cc1. The van der Waals surface area contributed by atoms with Gasteiger partial charge >= 0.3 is 5.97 Å². The van der Waals surface area contributed by atoms with Crippen molar-refractivity contribution < 1.29 is 14.3 Å². The number of tetrazole rings is 1. The number of nitrogens with one attached hydrogen (secondary N) is 1. The molecule has 4 rings (SSSR count). The molecule has 4 atom stereocenters. The number of piperidine rings is 1. The first-order chi connectivity index (χ1) is 17.9. The molecule has 8 nitrogen and oxygen atoms in total. The number of hydrogen-bond donors (Lipinski definition) is 1. The molecule has 2 heterocycles. The highest BCUT2D eigenvalue weighted by Gasteiger charge is 2.53. The van der Waals surface area contributed by atoms with Crippen molar-refractivity contribution in [2.45, 2.75) is 77.5 Å². The molecule has 0 aliphatic carbocycles. The molecule has 202 valence electrons. The minimum Gasteiger partial charge on any atom is -0.458 e. The van der Waals surface area contributed by atoms with Gasteiger partial charge in [0.25, 0.3) is 0 Å². The van der Waals surface area contributed by atoms with Crippen LogP contribution in [0.15, 0.2) is 48.5 Å². The maximum atomic E-state index is 14.5. The fourth-order valence-electron chi connectivity index (χ4n) is 5.34. The number of carbonyl (C=O) groups is 2. The van der Waals surface area contributed by atoms with Crippen LogP contribution in [0.2, 0.25) is 10.0 Å². The van der Waals surface area contributed by atoms with Crippen LogP contribution in [0.5, 0.6) is 0 Å². The van der Waals surface area contributed by atoms with E-state index in [1.54, 1.807) is 17.0 Å². The molecule has 1 aromatic heterocycles. The van der Waals surface area contributed by atoms with Gasteiger partial charge in [-0.1, -0.05) is 66.5 Å². The number of amides is 1. The lowest BCUT2D eigenvalue weighted by Gasteiger charge is -2.51. The second kappa shape index (κ2) is 11.0. The summed E-state index contributed by atoms with van der Waals surface area (Å²) in [4.78, 5) is 29.8. The van der Waals surface area contributed by atoms with E-state index in [2.05, 4.69) is 20.6 Å². The number of H-pyrrole nitrogens is 1. The quantitative estimate of drug-likeness (QED) is 0.361. The van der Waals surface area contributed by atoms with Gasteiger partial charge in [0.2, 0.25) is 5.91 Å². The van der Waals surface area contributed by atoms with Gasteiger partial charge in [-0.05, 0) is 69.0 Å². The minimum atomic E-state index is -0.921. The number of carbonyl (C=O) groups excluding carboxylic acids is 2. The number of nitrogens with zero attached hydrogens (tertiary/aromatic N) is 4. The van der Waals surface area contributed by atoms with Crippen LogP contribution >= 0.6 is 23.2 Å². The van der Waals surface area contributed by atoms with Crippen molar-refractivity contribution in [1.29, 1.82) is 0 Å². The van der Waals surface area contributed by atoms with E-state index in [1.165, 1.54) is 0 Å². The number of rotatable bonds is 7. The number of likely N-dealkylation sites (tertiary alicyclic amines) is 1. The molecule has 0 spiro atoms. The van der Waals surface area contributed by atoms with Gasteiger partial charge in [0.15, 0.2) is 5.82 Å². The largest absolute Gasteiger partial charge is 0.458 e. The first-order valence-electron chi connectivity index (χ1n) is 12.7. The molecule has 1 aliphatic heterocycles. The van der Waals surface area contributed by atoms with Crippen molar-refractivity contribution in [3.63, 3.8) is 0 Å². The van der Waals surface area contributed by atoms with Crippen molar-refractivity contribution in [3.05, 3.63) is 75.5 Å². The zero-order chi connectivity index (χ0) is 27.7. The molecule has 2 unspecified atom stereocenters. The van der Waals surface area contributed by atoms with Crippen LogP contribution in [0.4, 0.5) is 0 Å². The van der Waals surface area contributed by atoms with E-state index in [1.807, 2.05) is 71.0 Å². The van der Waals surface area contributed by atoms with Gasteiger partial charge < -0.3 is 9.64 Å². The number of aromatic nitrogens is 4. The van der Waals surface area contributed by atoms with Crippen molar-refractivity contribution in [2.75, 3.05) is 0 Å². The second-order valence-corrected chi connectivity index (χ2v) is 12.0. The van der Waals surface area contributed by atoms with E-state index in [-0.39, 0.29) is 18.2 Å². The number of hydrogen-bond acceptors (Lipinski definition) is 6. The third-order valence-corrected chi connectivity index (χ3v) is 7.42. The van der Waals surface area contributed by atoms with Crippen LogP contribution in [0.1, 0.15) is 76.4 Å². The molecule has 3 aromatic rings. The zero-order valence-corrected chi connectivity index (χ0v) is 23.8. The van der Waals surface area contributed by atoms with Gasteiger partial charge in [-0.3, -0.25) is 4.79 Å². The van der Waals surface area contributed by atoms with Gasteiger partial charge in [0.05, 0.1) is 11.5 Å². The lowest BCUT2D eigenvalue weighted by atomic mass is 9.67. The Morgan fingerprint density at radius 1 is 1.16 bits per heavy atom. The number of benzene rings is 2. The first-order valence-corrected chi connectivity index (χ1v) is 13.5. The molecule has 38 heavy (non-hydrogen) atoms. The van der Waals surface area contributed by atoms with Gasteiger partial charge in [0.1, 0.15) is 11.6 Å². The van der Waals surface area contributed by atoms with Crippen LogP contribution < -0.4 is 0 Å². The highest BCUT2D eigenvalue weighted by atomic mass is 35.5. The Kier molecular flexibility index (Phi) is 8.14. The summed E-state index contributed by atoms with van der Waals surface area (Å²) in [5.41, 5.74) is 0.207. The van der Waals surface area contributed by atoms with Crippen LogP contribution in [-0.4, -0.2) is 49.0 Å². The highest BCUT2D eigenvalue weighted by molar-refractivity contribution is 6.30. The predicted octanol–water partition coefficient (Wildman–Crippen LogP) is 5.93. The fourth-order valence-corrected chi connectivity index (χ4v) is 5.67. The topological polar surface area (TPSA) is 101 Å². The van der Waals surface area contributed by atoms with Crippen molar-refractivity contribution in [2.24, 2.45) is 5.41 Å². The molecule has 0 bridgehead atoms. The predicted molar refractivity (Wildman–Crippen MR) is 146 cm³/mol. The molecular formula is C28H33Cl2N5O3. The van der Waals surface area contributed by atoms with Crippen LogP contribution in [0.3, 0.4) is 0 Å². The lowest BCUT2D eigenvalue weighted by Crippen LogP contribution is -2.58. The molecule has 2 aromatic carbocycles. The zero-order valence-electron chi connectivity index (χ0n) is 22.2. The van der Waals surface area contributed by atoms with Gasteiger partial charge in [-0.25, -0.2) is 4.79 Å². The van der Waals surface area contributed by atoms with E-state index in [4.69, 9.17) is 27.9 Å². The maximum absolute atomic E-state index is 14.5. The van der Waals surface area contributed by atoms with Gasteiger partial charge in [0, 0.05) is 22.4 Å². The molecule has 1 aliphatic rings. The smallest absolute Gasteiger partial charge is 0.329 e. The monoisotopic (exact) mass is 557 g/mol. The standard InChI is InChI=1S/C28H33Cl2N5O3/c1-6-22(25(36)38-27(2,3)4)35-24(17-10-12-19(29)13-11-17)21(18-8-7-9-20(30)14-18)15-28(5,26(35)37)16-23-31-33-34-32-23/h7-14,21-22,24H,6,15-16H2,1-5H3,(H,31,32,33,34)/t21-,22?,24?,28-/m1/s1. The Hall–Kier alpha value is -2.97.